The van der Waals surface area contributed by atoms with Gasteiger partial charge in [-0.25, -0.2) is 0 Å². The highest BCUT2D eigenvalue weighted by molar-refractivity contribution is 6.31. The van der Waals surface area contributed by atoms with Crippen molar-refractivity contribution in [2.24, 2.45) is 10.2 Å². The van der Waals surface area contributed by atoms with Gasteiger partial charge in [0.05, 0.1) is 16.7 Å². The number of pyridine rings is 1. The molecule has 2 heterocycles. The summed E-state index contributed by atoms with van der Waals surface area (Å²) in [5.41, 5.74) is 2.66. The number of aromatic nitrogens is 2. The van der Waals surface area contributed by atoms with E-state index in [4.69, 9.17) is 23.2 Å². The Kier molecular flexibility index (Phi) is 4.72. The molecule has 4 rings (SSSR count). The molecular formula is C20H16Cl2N4O. The summed E-state index contributed by atoms with van der Waals surface area (Å²) >= 11 is 12.2. The molecule has 136 valence electrons. The first kappa shape index (κ1) is 17.8. The second kappa shape index (κ2) is 7.18. The molecule has 0 radical (unpaired) electrons. The monoisotopic (exact) mass is 398 g/mol. The first-order valence-corrected chi connectivity index (χ1v) is 9.31. The van der Waals surface area contributed by atoms with E-state index in [1.54, 1.807) is 36.5 Å². The number of aromatic hydroxyl groups is 1. The Hall–Kier alpha value is -2.63. The van der Waals surface area contributed by atoms with Gasteiger partial charge in [0, 0.05) is 33.6 Å². The van der Waals surface area contributed by atoms with E-state index < -0.39 is 0 Å². The summed E-state index contributed by atoms with van der Waals surface area (Å²) < 4.78 is 1.82. The summed E-state index contributed by atoms with van der Waals surface area (Å²) in [6.07, 6.45) is 2.54. The normalized spacial score (nSPS) is 11.8. The third kappa shape index (κ3) is 3.24. The van der Waals surface area contributed by atoms with Crippen molar-refractivity contribution in [3.05, 3.63) is 58.7 Å². The fourth-order valence-electron chi connectivity index (χ4n) is 3.14. The largest absolute Gasteiger partial charge is 0.493 e. The maximum Gasteiger partial charge on any atom is 0.220 e. The highest BCUT2D eigenvalue weighted by Crippen LogP contribution is 2.41. The van der Waals surface area contributed by atoms with E-state index in [-0.39, 0.29) is 5.88 Å². The van der Waals surface area contributed by atoms with Crippen LogP contribution in [0.3, 0.4) is 0 Å². The molecule has 0 saturated heterocycles. The topological polar surface area (TPSA) is 62.8 Å². The smallest absolute Gasteiger partial charge is 0.220 e. The SMILES string of the molecule is CCCn1c(O)c(N=Nc2ccnc3cc(Cl)ccc23)c2cc(Cl)ccc21. The number of benzene rings is 2. The van der Waals surface area contributed by atoms with Gasteiger partial charge in [-0.2, -0.15) is 0 Å². The number of nitrogens with zero attached hydrogens (tertiary/aromatic N) is 4. The van der Waals surface area contributed by atoms with E-state index in [1.165, 1.54) is 0 Å². The lowest BCUT2D eigenvalue weighted by Gasteiger charge is -2.04. The van der Waals surface area contributed by atoms with Crippen molar-refractivity contribution >= 4 is 56.4 Å². The molecule has 0 aliphatic rings. The van der Waals surface area contributed by atoms with Gasteiger partial charge in [0.15, 0.2) is 5.69 Å². The number of rotatable bonds is 4. The average Bonchev–Trinajstić information content (AvgIpc) is 2.91. The Morgan fingerprint density at radius 2 is 1.78 bits per heavy atom. The van der Waals surface area contributed by atoms with Gasteiger partial charge in [-0.1, -0.05) is 30.1 Å². The van der Waals surface area contributed by atoms with Gasteiger partial charge in [0.2, 0.25) is 5.88 Å². The fourth-order valence-corrected chi connectivity index (χ4v) is 3.48. The molecule has 0 bridgehead atoms. The van der Waals surface area contributed by atoms with Crippen LogP contribution >= 0.6 is 23.2 Å². The summed E-state index contributed by atoms with van der Waals surface area (Å²) in [7, 11) is 0. The van der Waals surface area contributed by atoms with Crippen molar-refractivity contribution in [3.8, 4) is 5.88 Å². The molecule has 0 fully saturated rings. The van der Waals surface area contributed by atoms with Crippen LogP contribution in [0.4, 0.5) is 11.4 Å². The second-order valence-corrected chi connectivity index (χ2v) is 7.05. The van der Waals surface area contributed by atoms with Crippen LogP contribution in [0.25, 0.3) is 21.8 Å². The van der Waals surface area contributed by atoms with Crippen LogP contribution in [0.2, 0.25) is 10.0 Å². The Balaban J connectivity index is 1.87. The van der Waals surface area contributed by atoms with Crippen LogP contribution in [-0.2, 0) is 6.54 Å². The van der Waals surface area contributed by atoms with Crippen LogP contribution in [0.15, 0.2) is 58.9 Å². The summed E-state index contributed by atoms with van der Waals surface area (Å²) in [6.45, 7) is 2.73. The van der Waals surface area contributed by atoms with Crippen LogP contribution < -0.4 is 0 Å². The van der Waals surface area contributed by atoms with Gasteiger partial charge >= 0.3 is 0 Å². The molecule has 0 atom stereocenters. The molecular weight excluding hydrogens is 383 g/mol. The highest BCUT2D eigenvalue weighted by Gasteiger charge is 2.16. The predicted molar refractivity (Wildman–Crippen MR) is 110 cm³/mol. The molecule has 0 aliphatic heterocycles. The average molecular weight is 399 g/mol. The number of hydrogen-bond donors (Lipinski definition) is 1. The lowest BCUT2D eigenvalue weighted by molar-refractivity contribution is 0.421. The van der Waals surface area contributed by atoms with Crippen molar-refractivity contribution in [2.45, 2.75) is 19.9 Å². The number of hydrogen-bond acceptors (Lipinski definition) is 4. The molecule has 0 amide bonds. The predicted octanol–water partition coefficient (Wildman–Crippen LogP) is 7.03. The van der Waals surface area contributed by atoms with Crippen molar-refractivity contribution in [1.82, 2.24) is 9.55 Å². The minimum Gasteiger partial charge on any atom is -0.493 e. The second-order valence-electron chi connectivity index (χ2n) is 6.18. The van der Waals surface area contributed by atoms with Crippen LogP contribution in [-0.4, -0.2) is 14.7 Å². The molecule has 5 nitrogen and oxygen atoms in total. The van der Waals surface area contributed by atoms with Crippen LogP contribution in [0.1, 0.15) is 13.3 Å². The summed E-state index contributed by atoms with van der Waals surface area (Å²) in [6, 6.07) is 12.7. The van der Waals surface area contributed by atoms with E-state index in [0.717, 1.165) is 28.2 Å². The summed E-state index contributed by atoms with van der Waals surface area (Å²) in [4.78, 5) is 4.31. The standard InChI is InChI=1S/C20H16Cl2N4O/c1-2-9-26-18-6-4-12(21)10-15(18)19(20(26)27)25-24-16-7-8-23-17-11-13(22)3-5-14(16)17/h3-8,10-11,27H,2,9H2,1H3. The minimum atomic E-state index is 0.0827. The third-order valence-electron chi connectivity index (χ3n) is 4.36. The first-order valence-electron chi connectivity index (χ1n) is 8.55. The summed E-state index contributed by atoms with van der Waals surface area (Å²) in [5.74, 6) is 0.0827. The van der Waals surface area contributed by atoms with E-state index in [1.807, 2.05) is 16.7 Å². The maximum atomic E-state index is 10.7. The lowest BCUT2D eigenvalue weighted by Crippen LogP contribution is -1.94. The molecule has 2 aromatic carbocycles. The van der Waals surface area contributed by atoms with Crippen molar-refractivity contribution in [2.75, 3.05) is 0 Å². The van der Waals surface area contributed by atoms with Gasteiger partial charge in [-0.05, 0) is 48.9 Å². The quantitative estimate of drug-likeness (QED) is 0.375. The van der Waals surface area contributed by atoms with Crippen molar-refractivity contribution in [1.29, 1.82) is 0 Å². The zero-order valence-corrected chi connectivity index (χ0v) is 16.0. The maximum absolute atomic E-state index is 10.7. The van der Waals surface area contributed by atoms with Crippen LogP contribution in [0, 0.1) is 0 Å². The summed E-state index contributed by atoms with van der Waals surface area (Å²) in [5, 5.41) is 22.2. The highest BCUT2D eigenvalue weighted by atomic mass is 35.5. The Labute approximate surface area is 165 Å². The van der Waals surface area contributed by atoms with Crippen molar-refractivity contribution in [3.63, 3.8) is 0 Å². The van der Waals surface area contributed by atoms with E-state index in [9.17, 15) is 5.11 Å². The van der Waals surface area contributed by atoms with E-state index in [2.05, 4.69) is 22.1 Å². The molecule has 0 unspecified atom stereocenters. The molecule has 0 saturated carbocycles. The zero-order chi connectivity index (χ0) is 19.0. The molecule has 27 heavy (non-hydrogen) atoms. The van der Waals surface area contributed by atoms with Crippen molar-refractivity contribution < 1.29 is 5.11 Å². The Morgan fingerprint density at radius 3 is 2.59 bits per heavy atom. The minimum absolute atomic E-state index is 0.0827. The van der Waals surface area contributed by atoms with Gasteiger partial charge in [0.1, 0.15) is 0 Å². The van der Waals surface area contributed by atoms with Gasteiger partial charge in [-0.3, -0.25) is 4.98 Å². The van der Waals surface area contributed by atoms with E-state index in [0.29, 0.717) is 28.0 Å². The molecule has 0 spiro atoms. The van der Waals surface area contributed by atoms with Gasteiger partial charge < -0.3 is 9.67 Å². The fraction of sp³-hybridized carbons (Fsp3) is 0.150. The Bertz CT molecular complexity index is 1180. The molecule has 1 N–H and O–H groups in total. The number of aryl methyl sites for hydroxylation is 1. The van der Waals surface area contributed by atoms with Crippen LogP contribution in [0.5, 0.6) is 5.88 Å². The molecule has 0 aliphatic carbocycles. The van der Waals surface area contributed by atoms with E-state index >= 15 is 0 Å². The van der Waals surface area contributed by atoms with Gasteiger partial charge in [0.25, 0.3) is 0 Å². The number of fused-ring (bicyclic) bond motifs is 2. The lowest BCUT2D eigenvalue weighted by atomic mass is 10.2. The third-order valence-corrected chi connectivity index (χ3v) is 4.83. The molecule has 2 aromatic heterocycles. The van der Waals surface area contributed by atoms with Gasteiger partial charge in [-0.15, -0.1) is 10.2 Å². The Morgan fingerprint density at radius 1 is 1.00 bits per heavy atom. The zero-order valence-electron chi connectivity index (χ0n) is 14.5. The molecule has 7 heteroatoms. The first-order chi connectivity index (χ1) is 13.1. The number of azo groups is 1. The number of halogens is 2. The molecule has 4 aromatic rings.